The zero-order chi connectivity index (χ0) is 29.6. The van der Waals surface area contributed by atoms with E-state index in [1.807, 2.05) is 86.6 Å². The Bertz CT molecular complexity index is 1580. The molecule has 0 radical (unpaired) electrons. The SMILES string of the molecule is CC(C)NCc1ccc(C2CCC(=O)C(=O)C2)cc1NC(=O)[C@H](Cc1ccccc1)NC(=O)c1cc2ccccc2[nH]1. The fourth-order valence-electron chi connectivity index (χ4n) is 5.31. The number of ketones is 2. The summed E-state index contributed by atoms with van der Waals surface area (Å²) in [5.41, 5.74) is 4.54. The van der Waals surface area contributed by atoms with E-state index in [4.69, 9.17) is 0 Å². The third kappa shape index (κ3) is 7.01. The zero-order valence-electron chi connectivity index (χ0n) is 23.9. The van der Waals surface area contributed by atoms with E-state index in [2.05, 4.69) is 20.9 Å². The van der Waals surface area contributed by atoms with Crippen LogP contribution in [0.15, 0.2) is 78.9 Å². The number of para-hydroxylation sites is 1. The van der Waals surface area contributed by atoms with Gasteiger partial charge in [-0.15, -0.1) is 0 Å². The molecule has 216 valence electrons. The summed E-state index contributed by atoms with van der Waals surface area (Å²) in [6.45, 7) is 4.62. The Kier molecular flexibility index (Phi) is 8.93. The van der Waals surface area contributed by atoms with Crippen molar-refractivity contribution >= 4 is 40.0 Å². The quantitative estimate of drug-likeness (QED) is 0.201. The van der Waals surface area contributed by atoms with Gasteiger partial charge in [0.2, 0.25) is 5.91 Å². The van der Waals surface area contributed by atoms with Crippen molar-refractivity contribution < 1.29 is 19.2 Å². The van der Waals surface area contributed by atoms with Crippen LogP contribution in [0, 0.1) is 0 Å². The molecule has 4 aromatic rings. The molecule has 1 aliphatic carbocycles. The number of benzene rings is 3. The average Bonchev–Trinajstić information content (AvgIpc) is 3.43. The maximum absolute atomic E-state index is 13.9. The molecule has 8 heteroatoms. The van der Waals surface area contributed by atoms with Crippen LogP contribution in [0.3, 0.4) is 0 Å². The molecule has 0 bridgehead atoms. The predicted molar refractivity (Wildman–Crippen MR) is 163 cm³/mol. The number of amides is 2. The molecule has 1 unspecified atom stereocenters. The number of nitrogens with one attached hydrogen (secondary N) is 4. The lowest BCUT2D eigenvalue weighted by Gasteiger charge is -2.24. The van der Waals surface area contributed by atoms with E-state index in [0.29, 0.717) is 30.8 Å². The van der Waals surface area contributed by atoms with Crippen molar-refractivity contribution in [3.05, 3.63) is 101 Å². The summed E-state index contributed by atoms with van der Waals surface area (Å²) >= 11 is 0. The highest BCUT2D eigenvalue weighted by atomic mass is 16.2. The third-order valence-electron chi connectivity index (χ3n) is 7.71. The first-order valence-corrected chi connectivity index (χ1v) is 14.4. The minimum atomic E-state index is -0.852. The number of aromatic nitrogens is 1. The molecule has 3 aromatic carbocycles. The van der Waals surface area contributed by atoms with Gasteiger partial charge in [0.15, 0.2) is 11.6 Å². The Labute approximate surface area is 245 Å². The molecule has 0 saturated heterocycles. The van der Waals surface area contributed by atoms with Crippen molar-refractivity contribution in [1.82, 2.24) is 15.6 Å². The van der Waals surface area contributed by atoms with Gasteiger partial charge in [-0.25, -0.2) is 0 Å². The van der Waals surface area contributed by atoms with Crippen LogP contribution in [0.4, 0.5) is 5.69 Å². The van der Waals surface area contributed by atoms with Gasteiger partial charge in [0, 0.05) is 48.4 Å². The van der Waals surface area contributed by atoms with Crippen LogP contribution in [0.25, 0.3) is 10.9 Å². The van der Waals surface area contributed by atoms with Gasteiger partial charge in [0.25, 0.3) is 5.91 Å². The van der Waals surface area contributed by atoms with E-state index in [0.717, 1.165) is 27.6 Å². The highest BCUT2D eigenvalue weighted by molar-refractivity contribution is 6.37. The van der Waals surface area contributed by atoms with Crippen LogP contribution >= 0.6 is 0 Å². The van der Waals surface area contributed by atoms with Crippen molar-refractivity contribution in [3.8, 4) is 0 Å². The average molecular weight is 565 g/mol. The first-order chi connectivity index (χ1) is 20.3. The van der Waals surface area contributed by atoms with E-state index >= 15 is 0 Å². The maximum atomic E-state index is 13.9. The van der Waals surface area contributed by atoms with E-state index in [1.165, 1.54) is 0 Å². The smallest absolute Gasteiger partial charge is 0.268 e. The predicted octanol–water partition coefficient (Wildman–Crippen LogP) is 5.05. The number of fused-ring (bicyclic) bond motifs is 1. The van der Waals surface area contributed by atoms with Crippen LogP contribution in [-0.4, -0.2) is 40.4 Å². The Morgan fingerprint density at radius 1 is 0.929 bits per heavy atom. The second-order valence-corrected chi connectivity index (χ2v) is 11.2. The van der Waals surface area contributed by atoms with Crippen LogP contribution in [-0.2, 0) is 27.3 Å². The summed E-state index contributed by atoms with van der Waals surface area (Å²) in [4.78, 5) is 54.3. The number of H-pyrrole nitrogens is 1. The molecular weight excluding hydrogens is 528 g/mol. The summed E-state index contributed by atoms with van der Waals surface area (Å²) < 4.78 is 0. The van der Waals surface area contributed by atoms with Gasteiger partial charge >= 0.3 is 0 Å². The fourth-order valence-corrected chi connectivity index (χ4v) is 5.31. The van der Waals surface area contributed by atoms with Crippen molar-refractivity contribution in [2.24, 2.45) is 0 Å². The molecule has 1 fully saturated rings. The van der Waals surface area contributed by atoms with Crippen LogP contribution < -0.4 is 16.0 Å². The fraction of sp³-hybridized carbons (Fsp3) is 0.294. The van der Waals surface area contributed by atoms with Gasteiger partial charge in [0.05, 0.1) is 0 Å². The Balaban J connectivity index is 1.41. The van der Waals surface area contributed by atoms with Crippen LogP contribution in [0.1, 0.15) is 66.2 Å². The molecule has 0 spiro atoms. The first kappa shape index (κ1) is 29.0. The van der Waals surface area contributed by atoms with Gasteiger partial charge in [0.1, 0.15) is 11.7 Å². The molecule has 2 amide bonds. The lowest BCUT2D eigenvalue weighted by Crippen LogP contribution is -2.45. The highest BCUT2D eigenvalue weighted by Crippen LogP contribution is 2.32. The molecule has 5 rings (SSSR count). The summed E-state index contributed by atoms with van der Waals surface area (Å²) in [7, 11) is 0. The topological polar surface area (TPSA) is 120 Å². The van der Waals surface area contributed by atoms with Gasteiger partial charge in [-0.1, -0.05) is 74.5 Å². The molecular formula is C34H36N4O4. The van der Waals surface area contributed by atoms with Crippen LogP contribution in [0.5, 0.6) is 0 Å². The molecule has 0 aliphatic heterocycles. The highest BCUT2D eigenvalue weighted by Gasteiger charge is 2.29. The second kappa shape index (κ2) is 13.0. The monoisotopic (exact) mass is 564 g/mol. The minimum Gasteiger partial charge on any atom is -0.351 e. The molecule has 4 N–H and O–H groups in total. The van der Waals surface area contributed by atoms with Crippen molar-refractivity contribution in [2.75, 3.05) is 5.32 Å². The summed E-state index contributed by atoms with van der Waals surface area (Å²) in [6, 6.07) is 24.2. The molecule has 1 heterocycles. The van der Waals surface area contributed by atoms with E-state index in [9.17, 15) is 19.2 Å². The largest absolute Gasteiger partial charge is 0.351 e. The number of carbonyl (C=O) groups excluding carboxylic acids is 4. The summed E-state index contributed by atoms with van der Waals surface area (Å²) in [5.74, 6) is -1.46. The first-order valence-electron chi connectivity index (χ1n) is 14.4. The number of rotatable bonds is 10. The van der Waals surface area contributed by atoms with E-state index in [-0.39, 0.29) is 48.2 Å². The molecule has 8 nitrogen and oxygen atoms in total. The van der Waals surface area contributed by atoms with Crippen LogP contribution in [0.2, 0.25) is 0 Å². The third-order valence-corrected chi connectivity index (χ3v) is 7.71. The molecule has 1 saturated carbocycles. The summed E-state index contributed by atoms with van der Waals surface area (Å²) in [6.07, 6.45) is 1.31. The number of Topliss-reactive ketones (excluding diaryl/α,β-unsaturated/α-hetero) is 2. The number of aromatic amines is 1. The number of hydrogen-bond donors (Lipinski definition) is 4. The van der Waals surface area contributed by atoms with Gasteiger partial charge < -0.3 is 20.9 Å². The van der Waals surface area contributed by atoms with Gasteiger partial charge in [-0.2, -0.15) is 0 Å². The van der Waals surface area contributed by atoms with E-state index in [1.54, 1.807) is 6.07 Å². The lowest BCUT2D eigenvalue weighted by molar-refractivity contribution is -0.138. The number of hydrogen-bond acceptors (Lipinski definition) is 5. The molecule has 1 aliphatic rings. The van der Waals surface area contributed by atoms with Crippen molar-refractivity contribution in [3.63, 3.8) is 0 Å². The number of anilines is 1. The maximum Gasteiger partial charge on any atom is 0.268 e. The van der Waals surface area contributed by atoms with Gasteiger partial charge in [-0.05, 0) is 47.2 Å². The molecule has 1 aromatic heterocycles. The Hall–Kier alpha value is -4.56. The van der Waals surface area contributed by atoms with Gasteiger partial charge in [-0.3, -0.25) is 19.2 Å². The minimum absolute atomic E-state index is 0.0835. The Morgan fingerprint density at radius 2 is 1.69 bits per heavy atom. The van der Waals surface area contributed by atoms with E-state index < -0.39 is 6.04 Å². The van der Waals surface area contributed by atoms with Crippen molar-refractivity contribution in [2.45, 2.75) is 64.1 Å². The van der Waals surface area contributed by atoms with Crippen molar-refractivity contribution in [1.29, 1.82) is 0 Å². The molecule has 42 heavy (non-hydrogen) atoms. The Morgan fingerprint density at radius 3 is 2.43 bits per heavy atom. The molecule has 2 atom stereocenters. The normalized spacial score (nSPS) is 16.0. The number of carbonyl (C=O) groups is 4. The lowest BCUT2D eigenvalue weighted by atomic mass is 9.82. The zero-order valence-corrected chi connectivity index (χ0v) is 23.9. The summed E-state index contributed by atoms with van der Waals surface area (Å²) in [5, 5.41) is 10.3. The second-order valence-electron chi connectivity index (χ2n) is 11.2. The standard InChI is InChI=1S/C34H36N4O4/c1-21(2)35-20-26-13-12-23(24-14-15-31(39)32(40)19-24)17-28(26)37-33(41)29(16-22-8-4-3-5-9-22)38-34(42)30-18-25-10-6-7-11-27(25)36-30/h3-13,17-18,21,24,29,35-36H,14-16,19-20H2,1-2H3,(H,37,41)(H,38,42)/t24?,29-/m0/s1.